The predicted molar refractivity (Wildman–Crippen MR) is 131 cm³/mol. The van der Waals surface area contributed by atoms with Crippen molar-refractivity contribution in [3.05, 3.63) is 63.0 Å². The number of hydrogen-bond donors (Lipinski definition) is 1. The molecule has 1 saturated heterocycles. The number of aryl methyl sites for hydroxylation is 2. The molecule has 0 radical (unpaired) electrons. The van der Waals surface area contributed by atoms with E-state index in [4.69, 9.17) is 4.74 Å². The van der Waals surface area contributed by atoms with E-state index in [1.165, 1.54) is 16.0 Å². The van der Waals surface area contributed by atoms with Gasteiger partial charge in [-0.1, -0.05) is 43.7 Å². The van der Waals surface area contributed by atoms with Crippen LogP contribution >= 0.6 is 11.3 Å². The first-order chi connectivity index (χ1) is 15.7. The lowest BCUT2D eigenvalue weighted by Gasteiger charge is -2.39. The Bertz CT molecular complexity index is 1120. The number of unbranched alkanes of at least 4 members (excludes halogenated alkanes) is 1. The minimum absolute atomic E-state index is 0.147. The smallest absolute Gasteiger partial charge is 0.262 e. The quantitative estimate of drug-likeness (QED) is 0.577. The van der Waals surface area contributed by atoms with E-state index in [2.05, 4.69) is 47.6 Å². The van der Waals surface area contributed by atoms with Crippen LogP contribution in [0.15, 0.2) is 41.5 Å². The van der Waals surface area contributed by atoms with E-state index < -0.39 is 0 Å². The molecule has 2 aromatic heterocycles. The maximum absolute atomic E-state index is 13.1. The number of thiophene rings is 1. The second kappa shape index (κ2) is 9.46. The van der Waals surface area contributed by atoms with Crippen LogP contribution in [-0.4, -0.2) is 35.4 Å². The zero-order valence-corrected chi connectivity index (χ0v) is 19.8. The fourth-order valence-corrected chi connectivity index (χ4v) is 6.58. The highest BCUT2D eigenvalue weighted by molar-refractivity contribution is 7.18. The molecule has 3 aromatic rings. The van der Waals surface area contributed by atoms with Gasteiger partial charge in [-0.3, -0.25) is 9.36 Å². The van der Waals surface area contributed by atoms with E-state index in [0.29, 0.717) is 6.04 Å². The van der Waals surface area contributed by atoms with Gasteiger partial charge in [0.2, 0.25) is 0 Å². The molecule has 1 aromatic carbocycles. The summed E-state index contributed by atoms with van der Waals surface area (Å²) in [6.07, 6.45) is 8.99. The number of hydrogen-bond acceptors (Lipinski definition) is 5. The van der Waals surface area contributed by atoms with Gasteiger partial charge in [0.05, 0.1) is 11.7 Å². The summed E-state index contributed by atoms with van der Waals surface area (Å²) in [6, 6.07) is 11.4. The Morgan fingerprint density at radius 2 is 2.06 bits per heavy atom. The predicted octanol–water partition coefficient (Wildman–Crippen LogP) is 4.45. The Kier molecular flexibility index (Phi) is 6.44. The average Bonchev–Trinajstić information content (AvgIpc) is 3.22. The standard InChI is InChI=1S/C26H33N3O2S/c1-2-3-13-29-18-28-24-23(25(29)30)21-10-9-20(16-22(21)32-24)27-17-26(11-14-31-15-12-26)19-7-5-4-6-8-19/h4-8,18,20,27H,2-3,9-17H2,1H3/t20-/m1/s1. The van der Waals surface area contributed by atoms with Crippen LogP contribution in [0.5, 0.6) is 0 Å². The molecule has 3 heterocycles. The maximum Gasteiger partial charge on any atom is 0.262 e. The van der Waals surface area contributed by atoms with Crippen LogP contribution in [0.4, 0.5) is 0 Å². The molecular weight excluding hydrogens is 418 g/mol. The van der Waals surface area contributed by atoms with Gasteiger partial charge in [0.15, 0.2) is 0 Å². The van der Waals surface area contributed by atoms with E-state index >= 15 is 0 Å². The van der Waals surface area contributed by atoms with E-state index in [1.807, 2.05) is 0 Å². The highest BCUT2D eigenvalue weighted by Crippen LogP contribution is 2.36. The Labute approximate surface area is 193 Å². The Balaban J connectivity index is 1.34. The normalized spacial score (nSPS) is 20.3. The van der Waals surface area contributed by atoms with Gasteiger partial charge in [0.25, 0.3) is 5.56 Å². The van der Waals surface area contributed by atoms with Crippen molar-refractivity contribution in [2.45, 2.75) is 69.9 Å². The van der Waals surface area contributed by atoms with Crippen LogP contribution in [0.3, 0.4) is 0 Å². The molecule has 1 N–H and O–H groups in total. The van der Waals surface area contributed by atoms with Gasteiger partial charge in [-0.2, -0.15) is 0 Å². The van der Waals surface area contributed by atoms with Crippen molar-refractivity contribution in [3.63, 3.8) is 0 Å². The first kappa shape index (κ1) is 21.8. The van der Waals surface area contributed by atoms with Crippen LogP contribution in [0.1, 0.15) is 55.0 Å². The third-order valence-electron chi connectivity index (χ3n) is 7.35. The molecule has 0 bridgehead atoms. The Morgan fingerprint density at radius 1 is 1.25 bits per heavy atom. The minimum Gasteiger partial charge on any atom is -0.381 e. The molecule has 0 spiro atoms. The van der Waals surface area contributed by atoms with Gasteiger partial charge in [-0.25, -0.2) is 4.98 Å². The lowest BCUT2D eigenvalue weighted by molar-refractivity contribution is 0.0487. The van der Waals surface area contributed by atoms with Crippen LogP contribution in [0.2, 0.25) is 0 Å². The molecule has 5 rings (SSSR count). The lowest BCUT2D eigenvalue weighted by Crippen LogP contribution is -2.47. The van der Waals surface area contributed by atoms with Crippen molar-refractivity contribution in [1.29, 1.82) is 0 Å². The third-order valence-corrected chi connectivity index (χ3v) is 8.52. The summed E-state index contributed by atoms with van der Waals surface area (Å²) < 4.78 is 7.50. The number of ether oxygens (including phenoxy) is 1. The fourth-order valence-electron chi connectivity index (χ4n) is 5.32. The summed E-state index contributed by atoms with van der Waals surface area (Å²) >= 11 is 1.72. The topological polar surface area (TPSA) is 56.2 Å². The molecule has 0 unspecified atom stereocenters. The first-order valence-corrected chi connectivity index (χ1v) is 12.9. The van der Waals surface area contributed by atoms with Gasteiger partial charge >= 0.3 is 0 Å². The molecule has 6 heteroatoms. The number of benzene rings is 1. The fraction of sp³-hybridized carbons (Fsp3) is 0.538. The minimum atomic E-state index is 0.147. The van der Waals surface area contributed by atoms with E-state index in [0.717, 1.165) is 81.5 Å². The highest BCUT2D eigenvalue weighted by Gasteiger charge is 2.35. The maximum atomic E-state index is 13.1. The van der Waals surface area contributed by atoms with E-state index in [9.17, 15) is 4.79 Å². The molecule has 170 valence electrons. The zero-order chi connectivity index (χ0) is 22.0. The number of fused-ring (bicyclic) bond motifs is 3. The van der Waals surface area contributed by atoms with Crippen LogP contribution in [0.25, 0.3) is 10.2 Å². The summed E-state index contributed by atoms with van der Waals surface area (Å²) in [5.41, 5.74) is 2.98. The summed E-state index contributed by atoms with van der Waals surface area (Å²) in [4.78, 5) is 20.0. The van der Waals surface area contributed by atoms with Gasteiger partial charge < -0.3 is 10.1 Å². The molecule has 5 nitrogen and oxygen atoms in total. The van der Waals surface area contributed by atoms with Crippen molar-refractivity contribution in [2.24, 2.45) is 0 Å². The summed E-state index contributed by atoms with van der Waals surface area (Å²) in [6.45, 7) is 5.56. The van der Waals surface area contributed by atoms with Crippen molar-refractivity contribution < 1.29 is 4.74 Å². The zero-order valence-electron chi connectivity index (χ0n) is 18.9. The van der Waals surface area contributed by atoms with Crippen LogP contribution < -0.4 is 10.9 Å². The Hall–Kier alpha value is -2.02. The van der Waals surface area contributed by atoms with Crippen molar-refractivity contribution >= 4 is 21.6 Å². The molecule has 2 aliphatic rings. The number of rotatable bonds is 7. The monoisotopic (exact) mass is 451 g/mol. The molecule has 32 heavy (non-hydrogen) atoms. The van der Waals surface area contributed by atoms with E-state index in [-0.39, 0.29) is 11.0 Å². The number of aromatic nitrogens is 2. The first-order valence-electron chi connectivity index (χ1n) is 12.1. The SMILES string of the molecule is CCCCn1cnc2sc3c(c2c1=O)CC[C@@H](NCC1(c2ccccc2)CCOCC1)C3. The van der Waals surface area contributed by atoms with Crippen molar-refractivity contribution in [2.75, 3.05) is 19.8 Å². The average molecular weight is 452 g/mol. The Morgan fingerprint density at radius 3 is 2.84 bits per heavy atom. The van der Waals surface area contributed by atoms with Gasteiger partial charge in [-0.05, 0) is 49.7 Å². The summed E-state index contributed by atoms with van der Waals surface area (Å²) in [5.74, 6) is 0. The molecular formula is C26H33N3O2S. The lowest BCUT2D eigenvalue weighted by atomic mass is 9.74. The number of nitrogens with one attached hydrogen (secondary N) is 1. The second-order valence-corrected chi connectivity index (χ2v) is 10.4. The van der Waals surface area contributed by atoms with Crippen LogP contribution in [-0.2, 0) is 29.5 Å². The molecule has 1 aliphatic carbocycles. The molecule has 1 atom stereocenters. The highest BCUT2D eigenvalue weighted by atomic mass is 32.1. The van der Waals surface area contributed by atoms with Crippen LogP contribution in [0, 0.1) is 0 Å². The second-order valence-electron chi connectivity index (χ2n) is 9.36. The van der Waals surface area contributed by atoms with Crippen molar-refractivity contribution in [3.8, 4) is 0 Å². The van der Waals surface area contributed by atoms with Crippen molar-refractivity contribution in [1.82, 2.24) is 14.9 Å². The van der Waals surface area contributed by atoms with Gasteiger partial charge in [-0.15, -0.1) is 11.3 Å². The molecule has 1 fully saturated rings. The van der Waals surface area contributed by atoms with Gasteiger partial charge in [0.1, 0.15) is 4.83 Å². The molecule has 0 saturated carbocycles. The van der Waals surface area contributed by atoms with Gasteiger partial charge in [0, 0.05) is 42.6 Å². The molecule has 0 amide bonds. The summed E-state index contributed by atoms with van der Waals surface area (Å²) in [5, 5.41) is 4.80. The van der Waals surface area contributed by atoms with E-state index in [1.54, 1.807) is 22.2 Å². The molecule has 1 aliphatic heterocycles. The third kappa shape index (κ3) is 4.16. The summed E-state index contributed by atoms with van der Waals surface area (Å²) in [7, 11) is 0. The number of nitrogens with zero attached hydrogens (tertiary/aromatic N) is 2. The largest absolute Gasteiger partial charge is 0.381 e.